The molecule has 162 valence electrons. The SMILES string of the molecule is CC(c1nc2ccccc2n1C(F)F)N1CCN(C(=O)c2ccc3c(c2)OCO3)CC1. The Kier molecular flexibility index (Phi) is 4.97. The van der Waals surface area contributed by atoms with E-state index in [9.17, 15) is 13.6 Å². The van der Waals surface area contributed by atoms with Crippen molar-refractivity contribution >= 4 is 16.9 Å². The van der Waals surface area contributed by atoms with E-state index in [2.05, 4.69) is 9.88 Å². The average molecular weight is 428 g/mol. The van der Waals surface area contributed by atoms with Crippen molar-refractivity contribution in [1.29, 1.82) is 0 Å². The number of rotatable bonds is 4. The molecule has 1 atom stereocenters. The van der Waals surface area contributed by atoms with Crippen LogP contribution in [0.4, 0.5) is 8.78 Å². The number of hydrogen-bond donors (Lipinski definition) is 0. The Morgan fingerprint density at radius 2 is 1.77 bits per heavy atom. The molecular formula is C22H22F2N4O3. The molecule has 3 heterocycles. The predicted molar refractivity (Wildman–Crippen MR) is 109 cm³/mol. The quantitative estimate of drug-likeness (QED) is 0.635. The molecule has 0 radical (unpaired) electrons. The van der Waals surface area contributed by atoms with Gasteiger partial charge in [-0.3, -0.25) is 14.3 Å². The lowest BCUT2D eigenvalue weighted by molar-refractivity contribution is 0.0494. The highest BCUT2D eigenvalue weighted by atomic mass is 19.3. The van der Waals surface area contributed by atoms with Crippen LogP contribution in [-0.2, 0) is 0 Å². The lowest BCUT2D eigenvalue weighted by Gasteiger charge is -2.37. The highest BCUT2D eigenvalue weighted by Crippen LogP contribution is 2.33. The molecule has 0 bridgehead atoms. The van der Waals surface area contributed by atoms with E-state index in [1.165, 1.54) is 0 Å². The highest BCUT2D eigenvalue weighted by molar-refractivity contribution is 5.95. The normalized spacial score (nSPS) is 17.5. The Balaban J connectivity index is 1.30. The van der Waals surface area contributed by atoms with Crippen LogP contribution in [0.25, 0.3) is 11.0 Å². The van der Waals surface area contributed by atoms with E-state index in [4.69, 9.17) is 9.47 Å². The zero-order valence-electron chi connectivity index (χ0n) is 17.0. The van der Waals surface area contributed by atoms with E-state index in [0.717, 1.165) is 4.57 Å². The van der Waals surface area contributed by atoms with Gasteiger partial charge in [-0.1, -0.05) is 12.1 Å². The zero-order chi connectivity index (χ0) is 21.5. The standard InChI is InChI=1S/C22H22F2N4O3/c1-14(20-25-16-4-2-3-5-17(16)28(20)22(23)24)26-8-10-27(11-9-26)21(29)15-6-7-18-19(12-15)31-13-30-18/h2-7,12,14,22H,8-11,13H2,1H3. The van der Waals surface area contributed by atoms with E-state index in [-0.39, 0.29) is 18.7 Å². The molecule has 1 unspecified atom stereocenters. The number of alkyl halides is 2. The fourth-order valence-electron chi connectivity index (χ4n) is 4.25. The summed E-state index contributed by atoms with van der Waals surface area (Å²) in [5.41, 5.74) is 1.53. The summed E-state index contributed by atoms with van der Waals surface area (Å²) in [6, 6.07) is 11.8. The minimum atomic E-state index is -2.67. The van der Waals surface area contributed by atoms with Crippen molar-refractivity contribution < 1.29 is 23.0 Å². The van der Waals surface area contributed by atoms with Crippen molar-refractivity contribution in [3.05, 3.63) is 53.9 Å². The number of ether oxygens (including phenoxy) is 2. The minimum Gasteiger partial charge on any atom is -0.454 e. The van der Waals surface area contributed by atoms with Gasteiger partial charge in [-0.25, -0.2) is 4.98 Å². The van der Waals surface area contributed by atoms with Gasteiger partial charge in [0, 0.05) is 31.7 Å². The number of para-hydroxylation sites is 2. The summed E-state index contributed by atoms with van der Waals surface area (Å²) < 4.78 is 39.3. The van der Waals surface area contributed by atoms with Crippen LogP contribution in [0, 0.1) is 0 Å². The molecule has 1 amide bonds. The third kappa shape index (κ3) is 3.48. The molecule has 1 fully saturated rings. The van der Waals surface area contributed by atoms with Gasteiger partial charge in [0.15, 0.2) is 11.5 Å². The molecule has 1 saturated heterocycles. The number of aromatic nitrogens is 2. The van der Waals surface area contributed by atoms with Crippen LogP contribution < -0.4 is 9.47 Å². The van der Waals surface area contributed by atoms with Gasteiger partial charge in [0.25, 0.3) is 5.91 Å². The Labute approximate surface area is 177 Å². The second kappa shape index (κ2) is 7.81. The number of imidazole rings is 1. The van der Waals surface area contributed by atoms with Crippen LogP contribution in [0.2, 0.25) is 0 Å². The minimum absolute atomic E-state index is 0.0783. The number of carbonyl (C=O) groups is 1. The largest absolute Gasteiger partial charge is 0.454 e. The molecule has 1 aromatic heterocycles. The number of amides is 1. The number of carbonyl (C=O) groups excluding carboxylic acids is 1. The molecule has 5 rings (SSSR count). The fraction of sp³-hybridized carbons (Fsp3) is 0.364. The molecule has 7 nitrogen and oxygen atoms in total. The van der Waals surface area contributed by atoms with Gasteiger partial charge in [0.05, 0.1) is 17.1 Å². The molecule has 0 saturated carbocycles. The van der Waals surface area contributed by atoms with Crippen LogP contribution in [0.1, 0.15) is 35.7 Å². The molecule has 3 aromatic rings. The number of nitrogens with zero attached hydrogens (tertiary/aromatic N) is 4. The smallest absolute Gasteiger partial charge is 0.320 e. The van der Waals surface area contributed by atoms with Gasteiger partial charge in [-0.15, -0.1) is 0 Å². The summed E-state index contributed by atoms with van der Waals surface area (Å²) >= 11 is 0. The van der Waals surface area contributed by atoms with Gasteiger partial charge in [0.2, 0.25) is 6.79 Å². The maximum Gasteiger partial charge on any atom is 0.320 e. The number of piperazine rings is 1. The van der Waals surface area contributed by atoms with Crippen LogP contribution >= 0.6 is 0 Å². The van der Waals surface area contributed by atoms with Crippen LogP contribution in [0.5, 0.6) is 11.5 Å². The van der Waals surface area contributed by atoms with Gasteiger partial charge < -0.3 is 14.4 Å². The van der Waals surface area contributed by atoms with Crippen molar-refractivity contribution in [2.45, 2.75) is 19.5 Å². The summed E-state index contributed by atoms with van der Waals surface area (Å²) in [5.74, 6) is 1.47. The first-order valence-corrected chi connectivity index (χ1v) is 10.2. The molecule has 2 aromatic carbocycles. The first-order valence-electron chi connectivity index (χ1n) is 10.2. The van der Waals surface area contributed by atoms with Crippen molar-refractivity contribution in [1.82, 2.24) is 19.4 Å². The highest BCUT2D eigenvalue weighted by Gasteiger charge is 2.30. The maximum atomic E-state index is 13.8. The molecule has 0 N–H and O–H groups in total. The van der Waals surface area contributed by atoms with Crippen LogP contribution in [0.15, 0.2) is 42.5 Å². The lowest BCUT2D eigenvalue weighted by atomic mass is 10.1. The second-order valence-electron chi connectivity index (χ2n) is 7.68. The zero-order valence-corrected chi connectivity index (χ0v) is 17.0. The van der Waals surface area contributed by atoms with Crippen molar-refractivity contribution in [3.8, 4) is 11.5 Å². The van der Waals surface area contributed by atoms with Gasteiger partial charge >= 0.3 is 6.55 Å². The van der Waals surface area contributed by atoms with Crippen LogP contribution in [-0.4, -0.2) is 58.2 Å². The maximum absolute atomic E-state index is 13.8. The number of fused-ring (bicyclic) bond motifs is 2. The summed E-state index contributed by atoms with van der Waals surface area (Å²) in [7, 11) is 0. The first-order chi connectivity index (χ1) is 15.0. The fourth-order valence-corrected chi connectivity index (χ4v) is 4.25. The van der Waals surface area contributed by atoms with E-state index in [0.29, 0.717) is 60.1 Å². The van der Waals surface area contributed by atoms with Gasteiger partial charge in [-0.05, 0) is 37.3 Å². The second-order valence-corrected chi connectivity index (χ2v) is 7.68. The molecule has 0 aliphatic carbocycles. The van der Waals surface area contributed by atoms with E-state index in [1.54, 1.807) is 47.4 Å². The third-order valence-electron chi connectivity index (χ3n) is 5.96. The number of halogens is 2. The number of benzene rings is 2. The molecule has 2 aliphatic rings. The molecule has 31 heavy (non-hydrogen) atoms. The molecular weight excluding hydrogens is 406 g/mol. The van der Waals surface area contributed by atoms with E-state index in [1.807, 2.05) is 6.92 Å². The topological polar surface area (TPSA) is 59.8 Å². The Bertz CT molecular complexity index is 1130. The van der Waals surface area contributed by atoms with Crippen LogP contribution in [0.3, 0.4) is 0 Å². The monoisotopic (exact) mass is 428 g/mol. The summed E-state index contributed by atoms with van der Waals surface area (Å²) in [6.07, 6.45) is 0. The summed E-state index contributed by atoms with van der Waals surface area (Å²) in [4.78, 5) is 21.2. The summed E-state index contributed by atoms with van der Waals surface area (Å²) in [5, 5.41) is 0. The Hall–Kier alpha value is -3.20. The van der Waals surface area contributed by atoms with Gasteiger partial charge in [-0.2, -0.15) is 8.78 Å². The van der Waals surface area contributed by atoms with E-state index >= 15 is 0 Å². The first kappa shape index (κ1) is 19.7. The van der Waals surface area contributed by atoms with Crippen molar-refractivity contribution in [3.63, 3.8) is 0 Å². The lowest BCUT2D eigenvalue weighted by Crippen LogP contribution is -2.49. The summed E-state index contributed by atoms with van der Waals surface area (Å²) in [6.45, 7) is 1.54. The molecule has 9 heteroatoms. The Morgan fingerprint density at radius 1 is 1.03 bits per heavy atom. The average Bonchev–Trinajstić information content (AvgIpc) is 3.42. The number of hydrogen-bond acceptors (Lipinski definition) is 5. The molecule has 0 spiro atoms. The van der Waals surface area contributed by atoms with E-state index < -0.39 is 6.55 Å². The van der Waals surface area contributed by atoms with Gasteiger partial charge in [0.1, 0.15) is 5.82 Å². The Morgan fingerprint density at radius 3 is 2.55 bits per heavy atom. The predicted octanol–water partition coefficient (Wildman–Crippen LogP) is 3.68. The van der Waals surface area contributed by atoms with Crippen molar-refractivity contribution in [2.75, 3.05) is 33.0 Å². The third-order valence-corrected chi connectivity index (χ3v) is 5.96. The van der Waals surface area contributed by atoms with Crippen molar-refractivity contribution in [2.24, 2.45) is 0 Å². The molecule has 2 aliphatic heterocycles.